The molecule has 0 aliphatic carbocycles. The lowest BCUT2D eigenvalue weighted by molar-refractivity contribution is 0.0944. The number of amides is 1. The van der Waals surface area contributed by atoms with Crippen molar-refractivity contribution in [2.24, 2.45) is 14.1 Å². The number of nitrogens with one attached hydrogen (secondary N) is 1. The predicted molar refractivity (Wildman–Crippen MR) is 89.1 cm³/mol. The van der Waals surface area contributed by atoms with E-state index in [9.17, 15) is 14.4 Å². The number of aromatic nitrogens is 6. The van der Waals surface area contributed by atoms with Crippen LogP contribution in [0, 0.1) is 0 Å². The molecule has 0 saturated carbocycles. The minimum atomic E-state index is -0.501. The maximum atomic E-state index is 12.3. The zero-order valence-corrected chi connectivity index (χ0v) is 14.1. The fourth-order valence-electron chi connectivity index (χ4n) is 2.51. The number of rotatable bonds is 4. The summed E-state index contributed by atoms with van der Waals surface area (Å²) in [5.41, 5.74) is -0.678. The quantitative estimate of drug-likeness (QED) is 0.661. The van der Waals surface area contributed by atoms with Crippen molar-refractivity contribution < 1.29 is 4.79 Å². The molecular weight excluding hydrogens is 326 g/mol. The van der Waals surface area contributed by atoms with Gasteiger partial charge in [0.25, 0.3) is 11.5 Å². The number of hydrogen-bond donors (Lipinski definition) is 1. The molecule has 1 N–H and O–H groups in total. The molecule has 0 saturated heterocycles. The van der Waals surface area contributed by atoms with Crippen LogP contribution >= 0.6 is 0 Å². The highest BCUT2D eigenvalue weighted by Gasteiger charge is 2.14. The Morgan fingerprint density at radius 2 is 1.96 bits per heavy atom. The highest BCUT2D eigenvalue weighted by atomic mass is 16.2. The lowest BCUT2D eigenvalue weighted by atomic mass is 10.2. The van der Waals surface area contributed by atoms with E-state index in [2.05, 4.69) is 20.5 Å². The molecule has 130 valence electrons. The Hall–Kier alpha value is -3.30. The highest BCUT2D eigenvalue weighted by Crippen LogP contribution is 2.06. The summed E-state index contributed by atoms with van der Waals surface area (Å²) in [6.45, 7) is 2.83. The summed E-state index contributed by atoms with van der Waals surface area (Å²) in [7, 11) is 2.90. The van der Waals surface area contributed by atoms with Crippen LogP contribution < -0.4 is 16.6 Å². The van der Waals surface area contributed by atoms with E-state index in [4.69, 9.17) is 0 Å². The molecule has 0 aliphatic heterocycles. The van der Waals surface area contributed by atoms with E-state index in [1.165, 1.54) is 30.8 Å². The molecule has 3 aromatic rings. The molecule has 3 heterocycles. The molecule has 3 rings (SSSR count). The Balaban J connectivity index is 1.92. The number of carbonyl (C=O) groups excluding carboxylic acids is 1. The summed E-state index contributed by atoms with van der Waals surface area (Å²) in [5, 5.41) is 10.7. The Morgan fingerprint density at radius 3 is 2.68 bits per heavy atom. The molecule has 1 amide bonds. The van der Waals surface area contributed by atoms with Gasteiger partial charge >= 0.3 is 5.69 Å². The second kappa shape index (κ2) is 6.30. The molecule has 10 nitrogen and oxygen atoms in total. The number of nitrogens with zero attached hydrogens (tertiary/aromatic N) is 6. The van der Waals surface area contributed by atoms with Crippen LogP contribution in [0.4, 0.5) is 0 Å². The van der Waals surface area contributed by atoms with Crippen LogP contribution in [-0.2, 0) is 27.2 Å². The molecule has 0 bridgehead atoms. The van der Waals surface area contributed by atoms with Crippen molar-refractivity contribution in [1.29, 1.82) is 0 Å². The van der Waals surface area contributed by atoms with Gasteiger partial charge in [-0.25, -0.2) is 9.78 Å². The molecule has 0 radical (unpaired) electrons. The average Bonchev–Trinajstić information content (AvgIpc) is 3.09. The fourth-order valence-corrected chi connectivity index (χ4v) is 2.51. The minimum Gasteiger partial charge on any atom is -0.343 e. The van der Waals surface area contributed by atoms with Gasteiger partial charge in [-0.1, -0.05) is 0 Å². The summed E-state index contributed by atoms with van der Waals surface area (Å²) in [5.74, 6) is 0.193. The van der Waals surface area contributed by atoms with E-state index in [0.29, 0.717) is 12.4 Å². The third-order valence-electron chi connectivity index (χ3n) is 3.98. The van der Waals surface area contributed by atoms with Gasteiger partial charge in [-0.05, 0) is 19.1 Å². The Labute approximate surface area is 141 Å². The third-order valence-corrected chi connectivity index (χ3v) is 3.98. The Bertz CT molecular complexity index is 1080. The van der Waals surface area contributed by atoms with Gasteiger partial charge in [-0.2, -0.15) is 0 Å². The van der Waals surface area contributed by atoms with Crippen molar-refractivity contribution in [3.05, 3.63) is 50.8 Å². The molecule has 0 unspecified atom stereocenters. The van der Waals surface area contributed by atoms with E-state index >= 15 is 0 Å². The van der Waals surface area contributed by atoms with E-state index in [1.54, 1.807) is 6.33 Å². The van der Waals surface area contributed by atoms with Gasteiger partial charge in [0.2, 0.25) is 0 Å². The molecule has 0 aromatic carbocycles. The lowest BCUT2D eigenvalue weighted by Crippen LogP contribution is -2.37. The van der Waals surface area contributed by atoms with Gasteiger partial charge < -0.3 is 9.88 Å². The topological polar surface area (TPSA) is 117 Å². The average molecular weight is 343 g/mol. The van der Waals surface area contributed by atoms with Crippen LogP contribution in [0.1, 0.15) is 23.2 Å². The van der Waals surface area contributed by atoms with Gasteiger partial charge in [0.1, 0.15) is 17.7 Å². The van der Waals surface area contributed by atoms with Crippen LogP contribution in [0.3, 0.4) is 0 Å². The van der Waals surface area contributed by atoms with Crippen molar-refractivity contribution in [3.63, 3.8) is 0 Å². The SMILES string of the molecule is CCn1cnnc1CNC(=O)c1ccc2c(=O)n(C)c(=O)n(C)c2n1. The van der Waals surface area contributed by atoms with Crippen molar-refractivity contribution in [2.45, 2.75) is 20.0 Å². The van der Waals surface area contributed by atoms with Crippen LogP contribution in [0.5, 0.6) is 0 Å². The van der Waals surface area contributed by atoms with Gasteiger partial charge in [0.15, 0.2) is 5.82 Å². The van der Waals surface area contributed by atoms with Gasteiger partial charge in [-0.3, -0.25) is 18.7 Å². The first kappa shape index (κ1) is 16.6. The largest absolute Gasteiger partial charge is 0.343 e. The first-order valence-electron chi connectivity index (χ1n) is 7.65. The minimum absolute atomic E-state index is 0.110. The molecule has 0 atom stereocenters. The number of fused-ring (bicyclic) bond motifs is 1. The smallest absolute Gasteiger partial charge is 0.332 e. The normalized spacial score (nSPS) is 11.0. The summed E-state index contributed by atoms with van der Waals surface area (Å²) >= 11 is 0. The van der Waals surface area contributed by atoms with Crippen molar-refractivity contribution in [2.75, 3.05) is 0 Å². The van der Waals surface area contributed by atoms with Gasteiger partial charge in [0, 0.05) is 20.6 Å². The van der Waals surface area contributed by atoms with Crippen LogP contribution in [0.2, 0.25) is 0 Å². The molecule has 0 aliphatic rings. The molecule has 3 aromatic heterocycles. The second-order valence-corrected chi connectivity index (χ2v) is 5.49. The lowest BCUT2D eigenvalue weighted by Gasteiger charge is -2.09. The van der Waals surface area contributed by atoms with E-state index in [0.717, 1.165) is 4.57 Å². The predicted octanol–water partition coefficient (Wildman–Crippen LogP) is -0.826. The number of hydrogen-bond acceptors (Lipinski definition) is 6. The zero-order valence-electron chi connectivity index (χ0n) is 14.1. The van der Waals surface area contributed by atoms with Crippen molar-refractivity contribution in [1.82, 2.24) is 34.2 Å². The van der Waals surface area contributed by atoms with Crippen molar-refractivity contribution in [3.8, 4) is 0 Å². The van der Waals surface area contributed by atoms with Gasteiger partial charge in [-0.15, -0.1) is 10.2 Å². The van der Waals surface area contributed by atoms with Crippen LogP contribution in [-0.4, -0.2) is 34.8 Å². The monoisotopic (exact) mass is 343 g/mol. The summed E-state index contributed by atoms with van der Waals surface area (Å²) < 4.78 is 4.05. The summed E-state index contributed by atoms with van der Waals surface area (Å²) in [6.07, 6.45) is 1.58. The number of pyridine rings is 1. The number of aryl methyl sites for hydroxylation is 2. The highest BCUT2D eigenvalue weighted by molar-refractivity contribution is 5.94. The maximum absolute atomic E-state index is 12.3. The third kappa shape index (κ3) is 2.82. The van der Waals surface area contributed by atoms with Crippen LogP contribution in [0.15, 0.2) is 28.0 Å². The van der Waals surface area contributed by atoms with Gasteiger partial charge in [0.05, 0.1) is 11.9 Å². The molecular formula is C15H17N7O3. The zero-order chi connectivity index (χ0) is 18.1. The number of carbonyl (C=O) groups is 1. The second-order valence-electron chi connectivity index (χ2n) is 5.49. The maximum Gasteiger partial charge on any atom is 0.332 e. The first-order valence-corrected chi connectivity index (χ1v) is 7.65. The van der Waals surface area contributed by atoms with E-state index in [-0.39, 0.29) is 23.3 Å². The van der Waals surface area contributed by atoms with Crippen LogP contribution in [0.25, 0.3) is 11.0 Å². The Morgan fingerprint density at radius 1 is 1.20 bits per heavy atom. The summed E-state index contributed by atoms with van der Waals surface area (Å²) in [6, 6.07) is 2.95. The standard InChI is InChI=1S/C15H17N7O3/c1-4-22-8-17-19-11(22)7-16-13(23)10-6-5-9-12(18-10)20(2)15(25)21(3)14(9)24/h5-6,8H,4,7H2,1-3H3,(H,16,23). The van der Waals surface area contributed by atoms with E-state index in [1.807, 2.05) is 11.5 Å². The van der Waals surface area contributed by atoms with E-state index < -0.39 is 17.2 Å². The fraction of sp³-hybridized carbons (Fsp3) is 0.333. The molecule has 10 heteroatoms. The molecule has 0 fully saturated rings. The summed E-state index contributed by atoms with van der Waals surface area (Å²) in [4.78, 5) is 40.6. The molecule has 25 heavy (non-hydrogen) atoms. The molecule has 0 spiro atoms. The van der Waals surface area contributed by atoms with Crippen molar-refractivity contribution >= 4 is 16.9 Å². The first-order chi connectivity index (χ1) is 11.9. The Kier molecular flexibility index (Phi) is 4.17.